The molecule has 0 saturated carbocycles. The minimum absolute atomic E-state index is 0.335. The van der Waals surface area contributed by atoms with Gasteiger partial charge < -0.3 is 26.8 Å². The summed E-state index contributed by atoms with van der Waals surface area (Å²) in [5.41, 5.74) is 16.6. The Labute approximate surface area is 133 Å². The Kier molecular flexibility index (Phi) is 7.45. The molecule has 1 aromatic rings. The zero-order chi connectivity index (χ0) is 16.9. The second kappa shape index (κ2) is 8.60. The molecule has 0 amide bonds. The van der Waals surface area contributed by atoms with Crippen LogP contribution in [-0.4, -0.2) is 33.6 Å². The summed E-state index contributed by atoms with van der Waals surface area (Å²) in [5.74, 6) is 0. The van der Waals surface area contributed by atoms with Crippen LogP contribution in [0.4, 0.5) is 0 Å². The van der Waals surface area contributed by atoms with Gasteiger partial charge in [0.25, 0.3) is 0 Å². The fraction of sp³-hybridized carbons (Fsp3) is 0.647. The molecule has 3 atom stereocenters. The number of nitrogens with two attached hydrogens (primary N) is 2. The average molecular weight is 310 g/mol. The molecular weight excluding hydrogens is 280 g/mol. The van der Waals surface area contributed by atoms with Crippen LogP contribution >= 0.6 is 0 Å². The van der Waals surface area contributed by atoms with Gasteiger partial charge in [-0.25, -0.2) is 0 Å². The van der Waals surface area contributed by atoms with Crippen LogP contribution in [0.2, 0.25) is 0 Å². The summed E-state index contributed by atoms with van der Waals surface area (Å²) in [6.45, 7) is 5.89. The Morgan fingerprint density at radius 3 is 1.64 bits per heavy atom. The Morgan fingerprint density at radius 2 is 1.23 bits per heavy atom. The molecule has 0 aliphatic carbocycles. The van der Waals surface area contributed by atoms with E-state index < -0.39 is 18.3 Å². The van der Waals surface area contributed by atoms with E-state index in [1.54, 1.807) is 20.8 Å². The number of hydrogen-bond donors (Lipinski definition) is 5. The monoisotopic (exact) mass is 310 g/mol. The van der Waals surface area contributed by atoms with Gasteiger partial charge in [-0.05, 0) is 67.9 Å². The highest BCUT2D eigenvalue weighted by molar-refractivity contribution is 5.47. The second-order valence-corrected chi connectivity index (χ2v) is 6.20. The van der Waals surface area contributed by atoms with Gasteiger partial charge in [-0.2, -0.15) is 0 Å². The smallest absolute Gasteiger partial charge is 0.0552 e. The Hall–Kier alpha value is -0.980. The number of hydrogen-bond acceptors (Lipinski definition) is 5. The largest absolute Gasteiger partial charge is 0.393 e. The Bertz CT molecular complexity index is 485. The third kappa shape index (κ3) is 5.04. The zero-order valence-corrected chi connectivity index (χ0v) is 13.8. The molecule has 0 aromatic heterocycles. The summed E-state index contributed by atoms with van der Waals surface area (Å²) in [5, 5.41) is 29.3. The van der Waals surface area contributed by atoms with Gasteiger partial charge in [0.05, 0.1) is 18.3 Å². The Balaban J connectivity index is 3.51. The quantitative estimate of drug-likeness (QED) is 0.476. The molecule has 0 heterocycles. The predicted molar refractivity (Wildman–Crippen MR) is 88.4 cm³/mol. The lowest BCUT2D eigenvalue weighted by Crippen LogP contribution is -2.21. The normalized spacial score (nSPS) is 15.6. The van der Waals surface area contributed by atoms with Crippen molar-refractivity contribution in [2.75, 3.05) is 0 Å². The average Bonchev–Trinajstić information content (AvgIpc) is 2.39. The maximum Gasteiger partial charge on any atom is 0.0552 e. The van der Waals surface area contributed by atoms with Crippen LogP contribution in [0.15, 0.2) is 6.07 Å². The van der Waals surface area contributed by atoms with Crippen molar-refractivity contribution in [2.45, 2.75) is 71.4 Å². The third-order valence-corrected chi connectivity index (χ3v) is 3.79. The summed E-state index contributed by atoms with van der Waals surface area (Å²) in [4.78, 5) is 0. The second-order valence-electron chi connectivity index (χ2n) is 6.20. The first-order chi connectivity index (χ1) is 10.3. The minimum atomic E-state index is -0.509. The molecule has 1 rings (SSSR count). The number of aliphatic hydroxyl groups is 3. The van der Waals surface area contributed by atoms with E-state index in [1.165, 1.54) is 0 Å². The van der Waals surface area contributed by atoms with E-state index in [-0.39, 0.29) is 0 Å². The highest BCUT2D eigenvalue weighted by atomic mass is 16.3. The molecule has 7 N–H and O–H groups in total. The summed E-state index contributed by atoms with van der Waals surface area (Å²) < 4.78 is 0. The molecule has 5 nitrogen and oxygen atoms in total. The van der Waals surface area contributed by atoms with E-state index in [4.69, 9.17) is 11.5 Å². The lowest BCUT2D eigenvalue weighted by atomic mass is 9.85. The molecule has 0 aliphatic rings. The van der Waals surface area contributed by atoms with Crippen molar-refractivity contribution in [2.24, 2.45) is 11.5 Å². The number of benzene rings is 1. The molecule has 5 heteroatoms. The van der Waals surface area contributed by atoms with E-state index >= 15 is 0 Å². The van der Waals surface area contributed by atoms with Crippen LogP contribution in [0, 0.1) is 0 Å². The minimum Gasteiger partial charge on any atom is -0.393 e. The van der Waals surface area contributed by atoms with E-state index in [0.29, 0.717) is 32.4 Å². The summed E-state index contributed by atoms with van der Waals surface area (Å²) in [7, 11) is 0. The first-order valence-corrected chi connectivity index (χ1v) is 7.89. The van der Waals surface area contributed by atoms with E-state index in [9.17, 15) is 15.3 Å². The summed E-state index contributed by atoms with van der Waals surface area (Å²) >= 11 is 0. The van der Waals surface area contributed by atoms with Gasteiger partial charge >= 0.3 is 0 Å². The van der Waals surface area contributed by atoms with Crippen molar-refractivity contribution in [3.05, 3.63) is 33.9 Å². The van der Waals surface area contributed by atoms with Gasteiger partial charge in [-0.1, -0.05) is 6.07 Å². The predicted octanol–water partition coefficient (Wildman–Crippen LogP) is 0.374. The van der Waals surface area contributed by atoms with Crippen molar-refractivity contribution in [3.8, 4) is 0 Å². The van der Waals surface area contributed by atoms with Crippen molar-refractivity contribution < 1.29 is 15.3 Å². The highest BCUT2D eigenvalue weighted by Crippen LogP contribution is 2.27. The van der Waals surface area contributed by atoms with E-state index in [0.717, 1.165) is 27.8 Å². The van der Waals surface area contributed by atoms with E-state index in [2.05, 4.69) is 0 Å². The van der Waals surface area contributed by atoms with Gasteiger partial charge in [0.2, 0.25) is 0 Å². The summed E-state index contributed by atoms with van der Waals surface area (Å²) in [6.07, 6.45) is -0.0257. The fourth-order valence-electron chi connectivity index (χ4n) is 2.98. The molecule has 22 heavy (non-hydrogen) atoms. The molecule has 0 fully saturated rings. The lowest BCUT2D eigenvalue weighted by molar-refractivity contribution is 0.187. The van der Waals surface area contributed by atoms with Crippen molar-refractivity contribution in [3.63, 3.8) is 0 Å². The molecule has 0 spiro atoms. The molecule has 0 radical (unpaired) electrons. The van der Waals surface area contributed by atoms with Crippen LogP contribution in [-0.2, 0) is 32.4 Å². The molecule has 0 aliphatic heterocycles. The molecule has 1 aromatic carbocycles. The topological polar surface area (TPSA) is 113 Å². The van der Waals surface area contributed by atoms with Crippen LogP contribution < -0.4 is 11.5 Å². The number of aliphatic hydroxyl groups excluding tert-OH is 3. The van der Waals surface area contributed by atoms with Crippen LogP contribution in [0.25, 0.3) is 0 Å². The maximum absolute atomic E-state index is 9.84. The van der Waals surface area contributed by atoms with Gasteiger partial charge in [-0.15, -0.1) is 0 Å². The van der Waals surface area contributed by atoms with Crippen molar-refractivity contribution >= 4 is 0 Å². The SMILES string of the molecule is CC(O)Cc1cc(CN)c(CC(C)O)c(CC(C)O)c1CN. The molecule has 3 unspecified atom stereocenters. The summed E-state index contributed by atoms with van der Waals surface area (Å²) in [6, 6.07) is 1.98. The fourth-order valence-corrected chi connectivity index (χ4v) is 2.98. The van der Waals surface area contributed by atoms with Crippen molar-refractivity contribution in [1.82, 2.24) is 0 Å². The molecule has 126 valence electrons. The highest BCUT2D eigenvalue weighted by Gasteiger charge is 2.19. The van der Waals surface area contributed by atoms with E-state index in [1.807, 2.05) is 6.07 Å². The zero-order valence-electron chi connectivity index (χ0n) is 13.8. The molecular formula is C17H30N2O3. The first kappa shape index (κ1) is 19.1. The number of rotatable bonds is 8. The first-order valence-electron chi connectivity index (χ1n) is 7.89. The molecule has 0 saturated heterocycles. The van der Waals surface area contributed by atoms with Crippen LogP contribution in [0.5, 0.6) is 0 Å². The van der Waals surface area contributed by atoms with Gasteiger partial charge in [0, 0.05) is 13.1 Å². The van der Waals surface area contributed by atoms with Gasteiger partial charge in [0.1, 0.15) is 0 Å². The standard InChI is InChI=1S/C17H30N2O3/c1-10(20)4-13-7-14(8-18)15(5-11(2)21)16(6-12(3)22)17(13)9-19/h7,10-12,20-22H,4-6,8-9,18-19H2,1-3H3. The molecule has 0 bridgehead atoms. The maximum atomic E-state index is 9.84. The van der Waals surface area contributed by atoms with Gasteiger partial charge in [-0.3, -0.25) is 0 Å². The van der Waals surface area contributed by atoms with Gasteiger partial charge in [0.15, 0.2) is 0 Å². The van der Waals surface area contributed by atoms with Crippen LogP contribution in [0.1, 0.15) is 48.6 Å². The third-order valence-electron chi connectivity index (χ3n) is 3.79. The van der Waals surface area contributed by atoms with Crippen molar-refractivity contribution in [1.29, 1.82) is 0 Å². The lowest BCUT2D eigenvalue weighted by Gasteiger charge is -2.24. The Morgan fingerprint density at radius 1 is 0.727 bits per heavy atom. The van der Waals surface area contributed by atoms with Crippen LogP contribution in [0.3, 0.4) is 0 Å².